The second-order valence-electron chi connectivity index (χ2n) is 4.19. The second kappa shape index (κ2) is 4.75. The first kappa shape index (κ1) is 11.9. The lowest BCUT2D eigenvalue weighted by Crippen LogP contribution is -1.97. The Labute approximate surface area is 105 Å². The Balaban J connectivity index is 2.51. The summed E-state index contributed by atoms with van der Waals surface area (Å²) in [5.74, 6) is 0.344. The summed E-state index contributed by atoms with van der Waals surface area (Å²) in [5.41, 5.74) is 1.85. The van der Waals surface area contributed by atoms with E-state index in [-0.39, 0.29) is 11.7 Å². The molecule has 2 heterocycles. The van der Waals surface area contributed by atoms with Gasteiger partial charge in [-0.25, -0.2) is 4.98 Å². The highest BCUT2D eigenvalue weighted by Gasteiger charge is 2.18. The zero-order valence-electron chi connectivity index (χ0n) is 10.1. The number of aromatic nitrogens is 2. The van der Waals surface area contributed by atoms with Crippen molar-refractivity contribution in [1.29, 1.82) is 0 Å². The van der Waals surface area contributed by atoms with Crippen molar-refractivity contribution in [2.45, 2.75) is 26.7 Å². The van der Waals surface area contributed by atoms with Crippen LogP contribution in [0, 0.1) is 0 Å². The molecule has 0 amide bonds. The van der Waals surface area contributed by atoms with Gasteiger partial charge in [0.2, 0.25) is 0 Å². The molecule has 0 aliphatic carbocycles. The molecule has 3 nitrogen and oxygen atoms in total. The summed E-state index contributed by atoms with van der Waals surface area (Å²) in [5, 5.41) is 0.868. The van der Waals surface area contributed by atoms with Crippen molar-refractivity contribution in [3.8, 4) is 10.6 Å². The summed E-state index contributed by atoms with van der Waals surface area (Å²) in [7, 11) is 0. The van der Waals surface area contributed by atoms with Crippen LogP contribution in [0.5, 0.6) is 0 Å². The van der Waals surface area contributed by atoms with Gasteiger partial charge in [-0.3, -0.25) is 9.78 Å². The second-order valence-corrected chi connectivity index (χ2v) is 5.19. The minimum Gasteiger partial charge on any atom is -0.294 e. The van der Waals surface area contributed by atoms with Gasteiger partial charge in [0.25, 0.3) is 0 Å². The average Bonchev–Trinajstić information content (AvgIpc) is 2.75. The molecule has 2 aromatic heterocycles. The molecule has 0 aromatic carbocycles. The number of hydrogen-bond acceptors (Lipinski definition) is 4. The van der Waals surface area contributed by atoms with Crippen LogP contribution in [0.2, 0.25) is 0 Å². The maximum atomic E-state index is 11.6. The van der Waals surface area contributed by atoms with Gasteiger partial charge in [0.15, 0.2) is 5.78 Å². The first-order chi connectivity index (χ1) is 8.09. The van der Waals surface area contributed by atoms with Gasteiger partial charge in [-0.1, -0.05) is 13.8 Å². The Hall–Kier alpha value is -1.55. The number of carbonyl (C=O) groups is 1. The van der Waals surface area contributed by atoms with Crippen LogP contribution in [-0.2, 0) is 0 Å². The molecule has 4 heteroatoms. The molecule has 0 atom stereocenters. The van der Waals surface area contributed by atoms with E-state index < -0.39 is 0 Å². The molecule has 0 fully saturated rings. The van der Waals surface area contributed by atoms with Crippen molar-refractivity contribution in [1.82, 2.24) is 9.97 Å². The van der Waals surface area contributed by atoms with E-state index in [0.29, 0.717) is 0 Å². The molecular weight excluding hydrogens is 232 g/mol. The van der Waals surface area contributed by atoms with E-state index in [0.717, 1.165) is 21.1 Å². The van der Waals surface area contributed by atoms with Gasteiger partial charge in [0, 0.05) is 24.9 Å². The van der Waals surface area contributed by atoms with Crippen molar-refractivity contribution < 1.29 is 4.79 Å². The van der Waals surface area contributed by atoms with Crippen LogP contribution in [0.15, 0.2) is 24.5 Å². The highest BCUT2D eigenvalue weighted by molar-refractivity contribution is 7.17. The molecule has 0 radical (unpaired) electrons. The lowest BCUT2D eigenvalue weighted by Gasteiger charge is -2.01. The maximum Gasteiger partial charge on any atom is 0.171 e. The van der Waals surface area contributed by atoms with Crippen molar-refractivity contribution >= 4 is 17.1 Å². The number of nitrogens with zero attached hydrogens (tertiary/aromatic N) is 2. The van der Waals surface area contributed by atoms with Gasteiger partial charge in [-0.2, -0.15) is 0 Å². The molecule has 0 saturated carbocycles. The molecule has 0 bridgehead atoms. The molecular formula is C13H14N2OS. The largest absolute Gasteiger partial charge is 0.294 e. The summed E-state index contributed by atoms with van der Waals surface area (Å²) in [4.78, 5) is 21.0. The van der Waals surface area contributed by atoms with Crippen molar-refractivity contribution in [2.24, 2.45) is 0 Å². The predicted octanol–water partition coefficient (Wildman–Crippen LogP) is 3.53. The monoisotopic (exact) mass is 246 g/mol. The van der Waals surface area contributed by atoms with Crippen molar-refractivity contribution in [3.63, 3.8) is 0 Å². The molecule has 2 aromatic rings. The van der Waals surface area contributed by atoms with E-state index in [1.165, 1.54) is 11.3 Å². The van der Waals surface area contributed by atoms with E-state index in [4.69, 9.17) is 0 Å². The number of pyridine rings is 1. The molecule has 0 aliphatic rings. The van der Waals surface area contributed by atoms with Gasteiger partial charge in [0.1, 0.15) is 5.01 Å². The van der Waals surface area contributed by atoms with Gasteiger partial charge in [0.05, 0.1) is 10.6 Å². The number of ketones is 1. The Morgan fingerprint density at radius 3 is 2.65 bits per heavy atom. The van der Waals surface area contributed by atoms with Crippen LogP contribution in [0.4, 0.5) is 0 Å². The Bertz CT molecular complexity index is 532. The number of carbonyl (C=O) groups excluding carboxylic acids is 1. The lowest BCUT2D eigenvalue weighted by molar-refractivity contribution is 0.102. The van der Waals surface area contributed by atoms with E-state index >= 15 is 0 Å². The van der Waals surface area contributed by atoms with Crippen molar-refractivity contribution in [2.75, 3.05) is 0 Å². The number of hydrogen-bond donors (Lipinski definition) is 0. The summed E-state index contributed by atoms with van der Waals surface area (Å²) >= 11 is 1.45. The van der Waals surface area contributed by atoms with E-state index in [1.807, 2.05) is 12.1 Å². The fraction of sp³-hybridized carbons (Fsp3) is 0.308. The third-order valence-corrected chi connectivity index (χ3v) is 3.65. The summed E-state index contributed by atoms with van der Waals surface area (Å²) in [6.07, 6.45) is 3.50. The molecule has 17 heavy (non-hydrogen) atoms. The van der Waals surface area contributed by atoms with Crippen LogP contribution in [0.1, 0.15) is 42.1 Å². The first-order valence-electron chi connectivity index (χ1n) is 5.51. The van der Waals surface area contributed by atoms with Gasteiger partial charge >= 0.3 is 0 Å². The summed E-state index contributed by atoms with van der Waals surface area (Å²) in [6, 6.07) is 3.83. The number of Topliss-reactive ketones (excluding diaryl/α,β-unsaturated/α-hetero) is 1. The zero-order valence-corrected chi connectivity index (χ0v) is 10.9. The molecule has 0 saturated heterocycles. The standard InChI is InChI=1S/C13H14N2OS/c1-8(2)11-12(9(3)16)17-13(15-11)10-5-4-6-14-7-10/h4-8H,1-3H3. The molecule has 88 valence electrons. The van der Waals surface area contributed by atoms with E-state index in [1.54, 1.807) is 19.3 Å². The summed E-state index contributed by atoms with van der Waals surface area (Å²) in [6.45, 7) is 5.69. The predicted molar refractivity (Wildman–Crippen MR) is 69.4 cm³/mol. The molecule has 0 spiro atoms. The third kappa shape index (κ3) is 2.42. The summed E-state index contributed by atoms with van der Waals surface area (Å²) < 4.78 is 0. The van der Waals surface area contributed by atoms with Gasteiger partial charge < -0.3 is 0 Å². The molecule has 2 rings (SSSR count). The van der Waals surface area contributed by atoms with Crippen LogP contribution < -0.4 is 0 Å². The Morgan fingerprint density at radius 1 is 1.41 bits per heavy atom. The van der Waals surface area contributed by atoms with E-state index in [9.17, 15) is 4.79 Å². The fourth-order valence-corrected chi connectivity index (χ4v) is 2.69. The van der Waals surface area contributed by atoms with E-state index in [2.05, 4.69) is 23.8 Å². The van der Waals surface area contributed by atoms with Crippen molar-refractivity contribution in [3.05, 3.63) is 35.1 Å². The van der Waals surface area contributed by atoms with Gasteiger partial charge in [-0.05, 0) is 18.1 Å². The van der Waals surface area contributed by atoms with Crippen LogP contribution >= 0.6 is 11.3 Å². The minimum atomic E-state index is 0.0846. The topological polar surface area (TPSA) is 42.9 Å². The molecule has 0 aliphatic heterocycles. The highest BCUT2D eigenvalue weighted by Crippen LogP contribution is 2.31. The molecule has 0 unspecified atom stereocenters. The smallest absolute Gasteiger partial charge is 0.171 e. The van der Waals surface area contributed by atoms with Gasteiger partial charge in [-0.15, -0.1) is 11.3 Å². The fourth-order valence-electron chi connectivity index (χ4n) is 1.59. The first-order valence-corrected chi connectivity index (χ1v) is 6.33. The normalized spacial score (nSPS) is 10.8. The SMILES string of the molecule is CC(=O)c1sc(-c2cccnc2)nc1C(C)C. The average molecular weight is 246 g/mol. The van der Waals surface area contributed by atoms with Crippen LogP contribution in [0.25, 0.3) is 10.6 Å². The molecule has 0 N–H and O–H groups in total. The minimum absolute atomic E-state index is 0.0846. The van der Waals surface area contributed by atoms with Crippen LogP contribution in [0.3, 0.4) is 0 Å². The quantitative estimate of drug-likeness (QED) is 0.778. The zero-order chi connectivity index (χ0) is 12.4. The number of thiazole rings is 1. The lowest BCUT2D eigenvalue weighted by atomic mass is 10.1. The Kier molecular flexibility index (Phi) is 3.33. The van der Waals surface area contributed by atoms with Crippen LogP contribution in [-0.4, -0.2) is 15.8 Å². The maximum absolute atomic E-state index is 11.6. The highest BCUT2D eigenvalue weighted by atomic mass is 32.1. The number of rotatable bonds is 3. The third-order valence-electron chi connectivity index (χ3n) is 2.43. The Morgan fingerprint density at radius 2 is 2.18 bits per heavy atom.